The van der Waals surface area contributed by atoms with Crippen molar-refractivity contribution in [1.29, 1.82) is 0 Å². The fourth-order valence-corrected chi connectivity index (χ4v) is 5.01. The summed E-state index contributed by atoms with van der Waals surface area (Å²) in [7, 11) is 1.34. The molecule has 32 heavy (non-hydrogen) atoms. The lowest BCUT2D eigenvalue weighted by atomic mass is 9.76. The molecule has 0 atom stereocenters. The number of methoxy groups -OCH3 is 1. The van der Waals surface area contributed by atoms with Crippen molar-refractivity contribution in [3.63, 3.8) is 0 Å². The van der Waals surface area contributed by atoms with Gasteiger partial charge in [0, 0.05) is 6.08 Å². The lowest BCUT2D eigenvalue weighted by Crippen LogP contribution is -2.19. The third kappa shape index (κ3) is 5.99. The summed E-state index contributed by atoms with van der Waals surface area (Å²) in [6, 6.07) is 3.63. The highest BCUT2D eigenvalue weighted by atomic mass is 19.2. The predicted molar refractivity (Wildman–Crippen MR) is 122 cm³/mol. The molecule has 3 rings (SSSR count). The maximum atomic E-state index is 15.0. The summed E-state index contributed by atoms with van der Waals surface area (Å²) in [6.07, 6.45) is 8.44. The van der Waals surface area contributed by atoms with E-state index in [1.165, 1.54) is 7.11 Å². The summed E-state index contributed by atoms with van der Waals surface area (Å²) in [5, 5.41) is 0. The van der Waals surface area contributed by atoms with Crippen LogP contribution in [0.15, 0.2) is 48.7 Å². The SMILES string of the molecule is C=C(/C=C(/F)C(=C)OC)OCC1CCC(c2ccc(C3CCC(C)CC3)c(F)c2F)CC1. The van der Waals surface area contributed by atoms with E-state index in [1.807, 2.05) is 12.1 Å². The second-order valence-corrected chi connectivity index (χ2v) is 9.44. The highest BCUT2D eigenvalue weighted by Crippen LogP contribution is 2.41. The molecular formula is C27H35F3O2. The fraction of sp³-hybridized carbons (Fsp3) is 0.556. The van der Waals surface area contributed by atoms with Crippen LogP contribution in [0.3, 0.4) is 0 Å². The lowest BCUT2D eigenvalue weighted by Gasteiger charge is -2.30. The second kappa shape index (κ2) is 11.1. The van der Waals surface area contributed by atoms with Gasteiger partial charge in [0.25, 0.3) is 0 Å². The molecule has 5 heteroatoms. The Balaban J connectivity index is 1.53. The molecule has 0 amide bonds. The number of allylic oxidation sites excluding steroid dienone is 2. The van der Waals surface area contributed by atoms with Crippen molar-refractivity contribution < 1.29 is 22.6 Å². The first-order valence-corrected chi connectivity index (χ1v) is 11.7. The Bertz CT molecular complexity index is 845. The minimum Gasteiger partial charge on any atom is -0.494 e. The topological polar surface area (TPSA) is 18.5 Å². The van der Waals surface area contributed by atoms with Crippen molar-refractivity contribution in [3.8, 4) is 0 Å². The molecule has 2 nitrogen and oxygen atoms in total. The fourth-order valence-electron chi connectivity index (χ4n) is 5.01. The Labute approximate surface area is 190 Å². The van der Waals surface area contributed by atoms with Gasteiger partial charge >= 0.3 is 0 Å². The third-order valence-electron chi connectivity index (χ3n) is 7.19. The summed E-state index contributed by atoms with van der Waals surface area (Å²) in [5.74, 6) is -0.677. The number of ether oxygens (including phenoxy) is 2. The lowest BCUT2D eigenvalue weighted by molar-refractivity contribution is 0.144. The molecular weight excluding hydrogens is 413 g/mol. The molecule has 2 saturated carbocycles. The van der Waals surface area contributed by atoms with Crippen molar-refractivity contribution >= 4 is 0 Å². The van der Waals surface area contributed by atoms with Gasteiger partial charge in [0.05, 0.1) is 13.7 Å². The van der Waals surface area contributed by atoms with Gasteiger partial charge in [-0.05, 0) is 73.3 Å². The average Bonchev–Trinajstić information content (AvgIpc) is 2.80. The first-order chi connectivity index (χ1) is 15.3. The van der Waals surface area contributed by atoms with Gasteiger partial charge in [-0.25, -0.2) is 13.2 Å². The average molecular weight is 449 g/mol. The first-order valence-electron chi connectivity index (χ1n) is 11.7. The smallest absolute Gasteiger partial charge is 0.168 e. The van der Waals surface area contributed by atoms with Crippen molar-refractivity contribution in [2.24, 2.45) is 11.8 Å². The molecule has 0 saturated heterocycles. The third-order valence-corrected chi connectivity index (χ3v) is 7.19. The largest absolute Gasteiger partial charge is 0.494 e. The molecule has 0 heterocycles. The normalized spacial score (nSPS) is 26.5. The quantitative estimate of drug-likeness (QED) is 0.296. The number of halogens is 3. The van der Waals surface area contributed by atoms with Gasteiger partial charge in [-0.15, -0.1) is 0 Å². The Kier molecular flexibility index (Phi) is 8.50. The van der Waals surface area contributed by atoms with Gasteiger partial charge in [0.1, 0.15) is 11.5 Å². The summed E-state index contributed by atoms with van der Waals surface area (Å²) in [5.41, 5.74) is 1.05. The number of hydrogen-bond donors (Lipinski definition) is 0. The summed E-state index contributed by atoms with van der Waals surface area (Å²) >= 11 is 0. The molecule has 0 aliphatic heterocycles. The monoisotopic (exact) mass is 448 g/mol. The number of rotatable bonds is 8. The van der Waals surface area contributed by atoms with Crippen LogP contribution in [0.1, 0.15) is 81.3 Å². The molecule has 0 N–H and O–H groups in total. The van der Waals surface area contributed by atoms with E-state index in [2.05, 4.69) is 20.1 Å². The van der Waals surface area contributed by atoms with Crippen molar-refractivity contribution in [2.45, 2.75) is 70.1 Å². The van der Waals surface area contributed by atoms with Crippen LogP contribution in [0, 0.1) is 23.5 Å². The minimum atomic E-state index is -0.659. The van der Waals surface area contributed by atoms with Crippen LogP contribution in [-0.4, -0.2) is 13.7 Å². The summed E-state index contributed by atoms with van der Waals surface area (Å²) in [6.45, 7) is 9.79. The first kappa shape index (κ1) is 24.5. The van der Waals surface area contributed by atoms with E-state index in [0.29, 0.717) is 23.7 Å². The van der Waals surface area contributed by atoms with Crippen LogP contribution < -0.4 is 0 Å². The molecule has 0 unspecified atom stereocenters. The van der Waals surface area contributed by atoms with Crippen LogP contribution >= 0.6 is 0 Å². The highest BCUT2D eigenvalue weighted by molar-refractivity contribution is 5.32. The number of hydrogen-bond acceptors (Lipinski definition) is 2. The van der Waals surface area contributed by atoms with Crippen molar-refractivity contribution in [3.05, 3.63) is 71.5 Å². The summed E-state index contributed by atoms with van der Waals surface area (Å²) < 4.78 is 53.9. The number of benzene rings is 1. The van der Waals surface area contributed by atoms with Gasteiger partial charge in [-0.1, -0.05) is 45.1 Å². The Morgan fingerprint density at radius 2 is 1.44 bits per heavy atom. The van der Waals surface area contributed by atoms with E-state index in [0.717, 1.165) is 57.4 Å². The van der Waals surface area contributed by atoms with Gasteiger partial charge in [0.15, 0.2) is 17.5 Å². The van der Waals surface area contributed by atoms with Gasteiger partial charge in [-0.3, -0.25) is 0 Å². The zero-order chi connectivity index (χ0) is 23.3. The van der Waals surface area contributed by atoms with Crippen LogP contribution in [-0.2, 0) is 9.47 Å². The minimum absolute atomic E-state index is 0.0201. The van der Waals surface area contributed by atoms with E-state index >= 15 is 0 Å². The second-order valence-electron chi connectivity index (χ2n) is 9.44. The van der Waals surface area contributed by atoms with Crippen LogP contribution in [0.25, 0.3) is 0 Å². The molecule has 2 aliphatic rings. The van der Waals surface area contributed by atoms with Gasteiger partial charge in [0.2, 0.25) is 0 Å². The zero-order valence-corrected chi connectivity index (χ0v) is 19.3. The molecule has 2 fully saturated rings. The Morgan fingerprint density at radius 3 is 1.94 bits per heavy atom. The predicted octanol–water partition coefficient (Wildman–Crippen LogP) is 8.08. The molecule has 176 valence electrons. The van der Waals surface area contributed by atoms with Gasteiger partial charge < -0.3 is 9.47 Å². The van der Waals surface area contributed by atoms with Crippen molar-refractivity contribution in [1.82, 2.24) is 0 Å². The van der Waals surface area contributed by atoms with E-state index < -0.39 is 17.5 Å². The Morgan fingerprint density at radius 1 is 0.938 bits per heavy atom. The van der Waals surface area contributed by atoms with Gasteiger partial charge in [-0.2, -0.15) is 0 Å². The summed E-state index contributed by atoms with van der Waals surface area (Å²) in [4.78, 5) is 0. The Hall–Kier alpha value is -2.17. The van der Waals surface area contributed by atoms with E-state index in [-0.39, 0.29) is 29.3 Å². The molecule has 0 aromatic heterocycles. The van der Waals surface area contributed by atoms with Crippen LogP contribution in [0.5, 0.6) is 0 Å². The molecule has 0 radical (unpaired) electrons. The highest BCUT2D eigenvalue weighted by Gasteiger charge is 2.29. The van der Waals surface area contributed by atoms with Crippen LogP contribution in [0.2, 0.25) is 0 Å². The maximum absolute atomic E-state index is 15.0. The standard InChI is InChI=1S/C27H35F3O2/c1-17-5-9-21(10-6-17)23-13-14-24(27(30)26(23)29)22-11-7-20(8-12-22)16-32-18(2)15-25(28)19(3)31-4/h13-15,17,20-22H,2-3,5-12,16H2,1,4H3/b25-15+. The molecule has 0 spiro atoms. The van der Waals surface area contributed by atoms with E-state index in [9.17, 15) is 13.2 Å². The van der Waals surface area contributed by atoms with E-state index in [4.69, 9.17) is 9.47 Å². The zero-order valence-electron chi connectivity index (χ0n) is 19.3. The van der Waals surface area contributed by atoms with E-state index in [1.54, 1.807) is 0 Å². The van der Waals surface area contributed by atoms with Crippen molar-refractivity contribution in [2.75, 3.05) is 13.7 Å². The maximum Gasteiger partial charge on any atom is 0.168 e. The molecule has 2 aliphatic carbocycles. The van der Waals surface area contributed by atoms with Crippen LogP contribution in [0.4, 0.5) is 13.2 Å². The molecule has 1 aromatic rings. The molecule has 0 bridgehead atoms. The molecule has 1 aromatic carbocycles.